The molecule has 1 fully saturated rings. The molecule has 2 unspecified atom stereocenters. The van der Waals surface area contributed by atoms with E-state index in [4.69, 9.17) is 0 Å². The molecule has 0 aromatic carbocycles. The number of likely N-dealkylation sites (tertiary alicyclic amines) is 1. The van der Waals surface area contributed by atoms with Crippen molar-refractivity contribution in [2.75, 3.05) is 31.9 Å². The predicted octanol–water partition coefficient (Wildman–Crippen LogP) is 3.24. The molecule has 1 heterocycles. The molecule has 20 heavy (non-hydrogen) atoms. The van der Waals surface area contributed by atoms with Crippen molar-refractivity contribution in [1.29, 1.82) is 0 Å². The first-order valence-corrected chi connectivity index (χ1v) is 9.33. The Kier molecular flexibility index (Phi) is 8.62. The summed E-state index contributed by atoms with van der Waals surface area (Å²) < 4.78 is 0. The summed E-state index contributed by atoms with van der Waals surface area (Å²) in [5.41, 5.74) is 0. The van der Waals surface area contributed by atoms with Crippen LogP contribution in [0.2, 0.25) is 0 Å². The van der Waals surface area contributed by atoms with Crippen molar-refractivity contribution in [3.63, 3.8) is 0 Å². The lowest BCUT2D eigenvalue weighted by atomic mass is 10.2. The number of rotatable bonds is 9. The van der Waals surface area contributed by atoms with Crippen LogP contribution in [0.1, 0.15) is 53.4 Å². The average molecular weight is 301 g/mol. The van der Waals surface area contributed by atoms with E-state index in [0.717, 1.165) is 25.4 Å². The summed E-state index contributed by atoms with van der Waals surface area (Å²) in [6.45, 7) is 12.7. The molecule has 1 aliphatic heterocycles. The minimum Gasteiger partial charge on any atom is -0.340 e. The Hall–Kier alpha value is -0.220. The van der Waals surface area contributed by atoms with E-state index >= 15 is 0 Å². The van der Waals surface area contributed by atoms with Gasteiger partial charge in [0.2, 0.25) is 5.91 Å². The van der Waals surface area contributed by atoms with Gasteiger partial charge in [-0.1, -0.05) is 20.3 Å². The maximum atomic E-state index is 12.5. The Morgan fingerprint density at radius 1 is 1.40 bits per heavy atom. The van der Waals surface area contributed by atoms with Crippen LogP contribution in [0.3, 0.4) is 0 Å². The molecule has 118 valence electrons. The lowest BCUT2D eigenvalue weighted by molar-refractivity contribution is -0.130. The third-order valence-corrected chi connectivity index (χ3v) is 5.47. The maximum Gasteiger partial charge on any atom is 0.235 e. The first-order chi connectivity index (χ1) is 9.63. The smallest absolute Gasteiger partial charge is 0.235 e. The van der Waals surface area contributed by atoms with Crippen molar-refractivity contribution in [3.05, 3.63) is 0 Å². The lowest BCUT2D eigenvalue weighted by Crippen LogP contribution is -2.45. The largest absolute Gasteiger partial charge is 0.340 e. The van der Waals surface area contributed by atoms with Gasteiger partial charge in [-0.2, -0.15) is 0 Å². The molecule has 0 bridgehead atoms. The van der Waals surface area contributed by atoms with Crippen molar-refractivity contribution < 1.29 is 4.79 Å². The van der Waals surface area contributed by atoms with Crippen molar-refractivity contribution in [3.8, 4) is 0 Å². The van der Waals surface area contributed by atoms with Crippen LogP contribution in [0.5, 0.6) is 0 Å². The van der Waals surface area contributed by atoms with E-state index in [2.05, 4.69) is 37.5 Å². The summed E-state index contributed by atoms with van der Waals surface area (Å²) in [6, 6.07) is 0.580. The van der Waals surface area contributed by atoms with Gasteiger partial charge in [0.25, 0.3) is 0 Å². The fourth-order valence-corrected chi connectivity index (χ4v) is 3.98. The van der Waals surface area contributed by atoms with Crippen LogP contribution in [-0.2, 0) is 4.79 Å². The summed E-state index contributed by atoms with van der Waals surface area (Å²) in [4.78, 5) is 17.1. The molecule has 0 spiro atoms. The number of carbonyl (C=O) groups excluding carboxylic acids is 1. The van der Waals surface area contributed by atoms with Gasteiger partial charge >= 0.3 is 0 Å². The summed E-state index contributed by atoms with van der Waals surface area (Å²) in [7, 11) is 0. The standard InChI is InChI=1S/C16H32N2OS/c1-5-8-12-20-14(4)16(19)18(7-3)13-15-10-9-11-17(15)6-2/h14-15H,5-13H2,1-4H3. The molecule has 0 aromatic rings. The number of hydrogen-bond acceptors (Lipinski definition) is 3. The molecule has 1 rings (SSSR count). The molecule has 0 radical (unpaired) electrons. The first kappa shape index (κ1) is 17.8. The monoisotopic (exact) mass is 300 g/mol. The van der Waals surface area contributed by atoms with Crippen LogP contribution in [0, 0.1) is 0 Å². The number of hydrogen-bond donors (Lipinski definition) is 0. The van der Waals surface area contributed by atoms with Crippen molar-refractivity contribution in [2.45, 2.75) is 64.7 Å². The first-order valence-electron chi connectivity index (χ1n) is 8.28. The number of thioether (sulfide) groups is 1. The summed E-state index contributed by atoms with van der Waals surface area (Å²) in [6.07, 6.45) is 4.94. The Balaban J connectivity index is 2.45. The highest BCUT2D eigenvalue weighted by Gasteiger charge is 2.28. The molecule has 4 heteroatoms. The second-order valence-corrected chi connectivity index (χ2v) is 7.12. The molecule has 0 N–H and O–H groups in total. The molecule has 1 aliphatic rings. The van der Waals surface area contributed by atoms with E-state index in [1.165, 1.54) is 32.2 Å². The molecule has 3 nitrogen and oxygen atoms in total. The molecular formula is C16H32N2OS. The third kappa shape index (κ3) is 5.28. The number of likely N-dealkylation sites (N-methyl/N-ethyl adjacent to an activating group) is 2. The van der Waals surface area contributed by atoms with Gasteiger partial charge < -0.3 is 4.90 Å². The SMILES string of the molecule is CCCCSC(C)C(=O)N(CC)CC1CCCN1CC. The second-order valence-electron chi connectivity index (χ2n) is 5.67. The Bertz CT molecular complexity index is 286. The van der Waals surface area contributed by atoms with Gasteiger partial charge in [0.15, 0.2) is 0 Å². The van der Waals surface area contributed by atoms with E-state index in [0.29, 0.717) is 11.9 Å². The van der Waals surface area contributed by atoms with Gasteiger partial charge in [-0.25, -0.2) is 0 Å². The van der Waals surface area contributed by atoms with Crippen molar-refractivity contribution >= 4 is 17.7 Å². The molecular weight excluding hydrogens is 268 g/mol. The molecule has 0 aromatic heterocycles. The van der Waals surface area contributed by atoms with E-state index in [1.54, 1.807) is 0 Å². The van der Waals surface area contributed by atoms with Crippen LogP contribution < -0.4 is 0 Å². The van der Waals surface area contributed by atoms with Gasteiger partial charge in [0.1, 0.15) is 0 Å². The van der Waals surface area contributed by atoms with Gasteiger partial charge in [0, 0.05) is 19.1 Å². The second kappa shape index (κ2) is 9.67. The van der Waals surface area contributed by atoms with Crippen LogP contribution in [0.25, 0.3) is 0 Å². The topological polar surface area (TPSA) is 23.6 Å². The normalized spacial score (nSPS) is 21.1. The summed E-state index contributed by atoms with van der Waals surface area (Å²) in [5.74, 6) is 1.43. The quantitative estimate of drug-likeness (QED) is 0.611. The van der Waals surface area contributed by atoms with E-state index < -0.39 is 0 Å². The molecule has 0 aliphatic carbocycles. The summed E-state index contributed by atoms with van der Waals surface area (Å²) >= 11 is 1.81. The lowest BCUT2D eigenvalue weighted by Gasteiger charge is -2.31. The minimum absolute atomic E-state index is 0.109. The third-order valence-electron chi connectivity index (χ3n) is 4.24. The van der Waals surface area contributed by atoms with Crippen LogP contribution in [0.15, 0.2) is 0 Å². The number of unbranched alkanes of at least 4 members (excludes halogenated alkanes) is 1. The Morgan fingerprint density at radius 2 is 2.15 bits per heavy atom. The van der Waals surface area contributed by atoms with Crippen molar-refractivity contribution in [1.82, 2.24) is 9.80 Å². The summed E-state index contributed by atoms with van der Waals surface area (Å²) in [5, 5.41) is 0.109. The van der Waals surface area contributed by atoms with Crippen LogP contribution >= 0.6 is 11.8 Å². The maximum absolute atomic E-state index is 12.5. The molecule has 0 saturated carbocycles. The van der Waals surface area contributed by atoms with E-state index in [1.807, 2.05) is 11.8 Å². The van der Waals surface area contributed by atoms with E-state index in [9.17, 15) is 4.79 Å². The van der Waals surface area contributed by atoms with Gasteiger partial charge in [0.05, 0.1) is 5.25 Å². The van der Waals surface area contributed by atoms with Gasteiger partial charge in [-0.15, -0.1) is 11.8 Å². The molecule has 1 saturated heterocycles. The molecule has 2 atom stereocenters. The molecule has 1 amide bonds. The highest BCUT2D eigenvalue weighted by atomic mass is 32.2. The Labute approximate surface area is 129 Å². The zero-order valence-electron chi connectivity index (χ0n) is 13.7. The van der Waals surface area contributed by atoms with Crippen molar-refractivity contribution in [2.24, 2.45) is 0 Å². The van der Waals surface area contributed by atoms with Crippen LogP contribution in [0.4, 0.5) is 0 Å². The number of amides is 1. The highest BCUT2D eigenvalue weighted by molar-refractivity contribution is 8.00. The zero-order chi connectivity index (χ0) is 15.0. The zero-order valence-corrected chi connectivity index (χ0v) is 14.5. The average Bonchev–Trinajstić information content (AvgIpc) is 2.91. The van der Waals surface area contributed by atoms with E-state index in [-0.39, 0.29) is 5.25 Å². The Morgan fingerprint density at radius 3 is 2.75 bits per heavy atom. The van der Waals surface area contributed by atoms with Gasteiger partial charge in [-0.05, 0) is 52.0 Å². The fourth-order valence-electron chi connectivity index (χ4n) is 2.88. The predicted molar refractivity (Wildman–Crippen MR) is 89.4 cm³/mol. The minimum atomic E-state index is 0.109. The number of nitrogens with zero attached hydrogens (tertiary/aromatic N) is 2. The van der Waals surface area contributed by atoms with Crippen LogP contribution in [-0.4, -0.2) is 58.9 Å². The number of carbonyl (C=O) groups is 1. The van der Waals surface area contributed by atoms with Gasteiger partial charge in [-0.3, -0.25) is 9.69 Å². The fraction of sp³-hybridized carbons (Fsp3) is 0.938. The highest BCUT2D eigenvalue weighted by Crippen LogP contribution is 2.20.